The molecule has 3 aromatic heterocycles. The van der Waals surface area contributed by atoms with Gasteiger partial charge in [-0.3, -0.25) is 4.79 Å². The molecule has 214 valence electrons. The van der Waals surface area contributed by atoms with Crippen LogP contribution in [-0.2, 0) is 19.0 Å². The molecule has 1 saturated carbocycles. The Kier molecular flexibility index (Phi) is 9.25. The van der Waals surface area contributed by atoms with Crippen molar-refractivity contribution >= 4 is 28.1 Å². The van der Waals surface area contributed by atoms with Gasteiger partial charge < -0.3 is 30.2 Å². The number of ether oxygens (including phenoxy) is 3. The average molecular weight is 550 g/mol. The lowest BCUT2D eigenvalue weighted by molar-refractivity contribution is -0.126. The fourth-order valence-corrected chi connectivity index (χ4v) is 5.45. The molecule has 1 fully saturated rings. The molecular weight excluding hydrogens is 510 g/mol. The molecule has 40 heavy (non-hydrogen) atoms. The van der Waals surface area contributed by atoms with Gasteiger partial charge in [0.1, 0.15) is 23.4 Å². The normalized spacial score (nSPS) is 17.6. The number of amides is 1. The number of para-hydroxylation sites is 1. The lowest BCUT2D eigenvalue weighted by Crippen LogP contribution is -2.35. The molecule has 1 aliphatic rings. The van der Waals surface area contributed by atoms with Crippen LogP contribution in [0.4, 0.5) is 5.82 Å². The number of hydrogen-bond acceptors (Lipinski definition) is 8. The van der Waals surface area contributed by atoms with Crippen LogP contribution in [0.1, 0.15) is 49.9 Å². The first-order valence-electron chi connectivity index (χ1n) is 14.2. The number of aromatic amines is 1. The third-order valence-corrected chi connectivity index (χ3v) is 7.56. The molecule has 1 aromatic carbocycles. The minimum absolute atomic E-state index is 0.0137. The number of rotatable bonds is 13. The number of aromatic nitrogens is 5. The van der Waals surface area contributed by atoms with Crippen LogP contribution in [0.5, 0.6) is 0 Å². The van der Waals surface area contributed by atoms with E-state index in [0.29, 0.717) is 57.5 Å². The second kappa shape index (κ2) is 13.2. The third kappa shape index (κ3) is 6.27. The van der Waals surface area contributed by atoms with Gasteiger partial charge in [0.25, 0.3) is 0 Å². The molecule has 0 atom stereocenters. The van der Waals surface area contributed by atoms with Crippen molar-refractivity contribution in [2.45, 2.75) is 45.4 Å². The Morgan fingerprint density at radius 1 is 1.10 bits per heavy atom. The van der Waals surface area contributed by atoms with E-state index in [1.165, 1.54) is 11.9 Å². The minimum atomic E-state index is -0.0137. The summed E-state index contributed by atoms with van der Waals surface area (Å²) in [5.41, 5.74) is 10.9. The number of nitrogens with two attached hydrogens (primary N) is 1. The molecular formula is C29H39N7O4. The number of benzene rings is 1. The molecule has 0 saturated heterocycles. The van der Waals surface area contributed by atoms with Gasteiger partial charge in [-0.15, -0.1) is 0 Å². The van der Waals surface area contributed by atoms with E-state index in [0.717, 1.165) is 53.8 Å². The van der Waals surface area contributed by atoms with Crippen LogP contribution in [0, 0.1) is 12.8 Å². The average Bonchev–Trinajstić information content (AvgIpc) is 3.58. The number of hydrogen-bond donors (Lipinski definition) is 3. The Morgan fingerprint density at radius 2 is 1.85 bits per heavy atom. The van der Waals surface area contributed by atoms with Gasteiger partial charge in [-0.25, -0.2) is 14.5 Å². The molecule has 1 aliphatic carbocycles. The zero-order valence-corrected chi connectivity index (χ0v) is 23.3. The van der Waals surface area contributed by atoms with E-state index in [-0.39, 0.29) is 17.7 Å². The number of aryl methyl sites for hydroxylation is 1. The molecule has 11 nitrogen and oxygen atoms in total. The summed E-state index contributed by atoms with van der Waals surface area (Å²) in [6, 6.07) is 8.31. The number of nitrogens with one attached hydrogen (secondary N) is 2. The highest BCUT2D eigenvalue weighted by Crippen LogP contribution is 2.38. The Morgan fingerprint density at radius 3 is 2.60 bits per heavy atom. The van der Waals surface area contributed by atoms with Gasteiger partial charge in [0.05, 0.1) is 38.7 Å². The largest absolute Gasteiger partial charge is 0.382 e. The lowest BCUT2D eigenvalue weighted by atomic mass is 9.81. The second-order valence-electron chi connectivity index (χ2n) is 10.2. The van der Waals surface area contributed by atoms with Crippen LogP contribution < -0.4 is 11.1 Å². The molecule has 0 spiro atoms. The summed E-state index contributed by atoms with van der Waals surface area (Å²) < 4.78 is 18.0. The van der Waals surface area contributed by atoms with E-state index in [9.17, 15) is 4.79 Å². The monoisotopic (exact) mass is 549 g/mol. The predicted molar refractivity (Wildman–Crippen MR) is 153 cm³/mol. The summed E-state index contributed by atoms with van der Waals surface area (Å²) in [6.07, 6.45) is 4.76. The van der Waals surface area contributed by atoms with Crippen molar-refractivity contribution in [3.05, 3.63) is 42.0 Å². The summed E-state index contributed by atoms with van der Waals surface area (Å²) in [4.78, 5) is 25.6. The van der Waals surface area contributed by atoms with Crippen molar-refractivity contribution in [1.29, 1.82) is 0 Å². The van der Waals surface area contributed by atoms with Gasteiger partial charge >= 0.3 is 0 Å². The molecule has 11 heteroatoms. The van der Waals surface area contributed by atoms with Crippen molar-refractivity contribution in [2.24, 2.45) is 5.92 Å². The minimum Gasteiger partial charge on any atom is -0.382 e. The van der Waals surface area contributed by atoms with E-state index in [1.807, 2.05) is 17.5 Å². The van der Waals surface area contributed by atoms with Gasteiger partial charge in [-0.05, 0) is 51.2 Å². The van der Waals surface area contributed by atoms with E-state index >= 15 is 0 Å². The molecule has 0 aliphatic heterocycles. The van der Waals surface area contributed by atoms with Gasteiger partial charge in [-0.2, -0.15) is 5.10 Å². The number of imidazole rings is 1. The molecule has 0 bridgehead atoms. The number of anilines is 1. The summed E-state index contributed by atoms with van der Waals surface area (Å²) in [5, 5.41) is 8.66. The van der Waals surface area contributed by atoms with E-state index in [4.69, 9.17) is 24.9 Å². The first-order chi connectivity index (χ1) is 19.6. The molecule has 5 rings (SSSR count). The smallest absolute Gasteiger partial charge is 0.223 e. The SMILES string of the molecule is CCOCCOCCOCCNC(=O)C1CCC(c2nc(-c3cc4cccc(C)c4[nH]3)c3c(N)ncnn23)CC1. The first-order valence-corrected chi connectivity index (χ1v) is 14.2. The topological polar surface area (TPSA) is 142 Å². The predicted octanol–water partition coefficient (Wildman–Crippen LogP) is 3.62. The number of nitrogen functional groups attached to an aromatic ring is 1. The van der Waals surface area contributed by atoms with E-state index in [1.54, 1.807) is 0 Å². The van der Waals surface area contributed by atoms with Crippen molar-refractivity contribution in [2.75, 3.05) is 51.9 Å². The molecule has 0 unspecified atom stereocenters. The maximum Gasteiger partial charge on any atom is 0.223 e. The zero-order chi connectivity index (χ0) is 27.9. The molecule has 4 aromatic rings. The molecule has 0 radical (unpaired) electrons. The number of H-pyrrole nitrogens is 1. The number of fused-ring (bicyclic) bond motifs is 2. The fraction of sp³-hybridized carbons (Fsp3) is 0.517. The van der Waals surface area contributed by atoms with Gasteiger partial charge in [0.15, 0.2) is 5.82 Å². The lowest BCUT2D eigenvalue weighted by Gasteiger charge is -2.26. The summed E-state index contributed by atoms with van der Waals surface area (Å²) in [6.45, 7) is 7.87. The maximum atomic E-state index is 12.8. The fourth-order valence-electron chi connectivity index (χ4n) is 5.45. The van der Waals surface area contributed by atoms with E-state index in [2.05, 4.69) is 45.5 Å². The highest BCUT2D eigenvalue weighted by Gasteiger charge is 2.31. The van der Waals surface area contributed by atoms with Gasteiger partial charge in [0, 0.05) is 35.9 Å². The molecule has 4 N–H and O–H groups in total. The van der Waals surface area contributed by atoms with Crippen LogP contribution in [0.25, 0.3) is 27.8 Å². The van der Waals surface area contributed by atoms with Crippen molar-refractivity contribution in [3.8, 4) is 11.4 Å². The number of carbonyl (C=O) groups excluding carboxylic acids is 1. The number of carbonyl (C=O) groups is 1. The van der Waals surface area contributed by atoms with E-state index < -0.39 is 0 Å². The first kappa shape index (κ1) is 28.0. The summed E-state index contributed by atoms with van der Waals surface area (Å²) in [7, 11) is 0. The van der Waals surface area contributed by atoms with Crippen molar-refractivity contribution in [1.82, 2.24) is 29.9 Å². The van der Waals surface area contributed by atoms with Gasteiger partial charge in [0.2, 0.25) is 5.91 Å². The standard InChI is InChI=1S/C29H39N7O4/c1-3-38-13-14-40-16-15-39-12-11-31-29(37)21-9-7-20(8-10-21)28-35-25(26-27(30)32-18-33-36(26)28)23-17-22-6-4-5-19(2)24(22)34-23/h4-6,17-18,20-21,34H,3,7-16H2,1-2H3,(H,31,37)(H2,30,32,33). The van der Waals surface area contributed by atoms with Gasteiger partial charge in [-0.1, -0.05) is 18.2 Å². The Bertz CT molecular complexity index is 1420. The van der Waals surface area contributed by atoms with Crippen LogP contribution in [0.2, 0.25) is 0 Å². The second-order valence-corrected chi connectivity index (χ2v) is 10.2. The van der Waals surface area contributed by atoms with Crippen LogP contribution in [-0.4, -0.2) is 76.7 Å². The number of nitrogens with zero attached hydrogens (tertiary/aromatic N) is 4. The summed E-state index contributed by atoms with van der Waals surface area (Å²) >= 11 is 0. The summed E-state index contributed by atoms with van der Waals surface area (Å²) in [5.74, 6) is 1.51. The Hall–Kier alpha value is -3.54. The van der Waals surface area contributed by atoms with Crippen LogP contribution in [0.3, 0.4) is 0 Å². The highest BCUT2D eigenvalue weighted by molar-refractivity contribution is 5.92. The Balaban J connectivity index is 1.16. The Labute approximate surface area is 233 Å². The van der Waals surface area contributed by atoms with Crippen LogP contribution in [0.15, 0.2) is 30.6 Å². The van der Waals surface area contributed by atoms with Crippen LogP contribution >= 0.6 is 0 Å². The maximum absolute atomic E-state index is 12.8. The highest BCUT2D eigenvalue weighted by atomic mass is 16.5. The quantitative estimate of drug-likeness (QED) is 0.215. The molecule has 3 heterocycles. The zero-order valence-electron chi connectivity index (χ0n) is 23.3. The van der Waals surface area contributed by atoms with Crippen molar-refractivity contribution < 1.29 is 19.0 Å². The molecule has 1 amide bonds. The van der Waals surface area contributed by atoms with Crippen molar-refractivity contribution in [3.63, 3.8) is 0 Å². The third-order valence-electron chi connectivity index (χ3n) is 7.56.